The van der Waals surface area contributed by atoms with Crippen molar-refractivity contribution in [2.45, 2.75) is 12.7 Å². The van der Waals surface area contributed by atoms with Crippen molar-refractivity contribution < 1.29 is 14.2 Å². The van der Waals surface area contributed by atoms with Crippen molar-refractivity contribution in [3.8, 4) is 5.75 Å². The van der Waals surface area contributed by atoms with Crippen LogP contribution in [0.4, 0.5) is 0 Å². The molecule has 76 valence electrons. The molecular weight excluding hydrogens is 180 g/mol. The maximum Gasteiger partial charge on any atom is 0.124 e. The van der Waals surface area contributed by atoms with Gasteiger partial charge in [0.15, 0.2) is 0 Å². The fourth-order valence-corrected chi connectivity index (χ4v) is 1.29. The lowest BCUT2D eigenvalue weighted by Crippen LogP contribution is -2.02. The first-order valence-corrected chi connectivity index (χ1v) is 4.71. The molecule has 3 nitrogen and oxygen atoms in total. The molecule has 1 aromatic rings. The quantitative estimate of drug-likeness (QED) is 0.667. The molecule has 0 bridgehead atoms. The number of hydrogen-bond donors (Lipinski definition) is 0. The summed E-state index contributed by atoms with van der Waals surface area (Å²) in [5.41, 5.74) is 1.08. The van der Waals surface area contributed by atoms with Gasteiger partial charge in [-0.1, -0.05) is 18.2 Å². The molecule has 14 heavy (non-hydrogen) atoms. The molecule has 1 aliphatic heterocycles. The Kier molecular flexibility index (Phi) is 3.01. The van der Waals surface area contributed by atoms with E-state index in [2.05, 4.69) is 0 Å². The number of rotatable bonds is 5. The maximum absolute atomic E-state index is 5.48. The first-order chi connectivity index (χ1) is 6.90. The van der Waals surface area contributed by atoms with Crippen LogP contribution in [0.2, 0.25) is 0 Å². The van der Waals surface area contributed by atoms with Gasteiger partial charge in [0.1, 0.15) is 11.9 Å². The molecule has 0 spiro atoms. The van der Waals surface area contributed by atoms with Gasteiger partial charge in [0.05, 0.1) is 26.9 Å². The molecule has 0 saturated carbocycles. The van der Waals surface area contributed by atoms with Gasteiger partial charge in [0.2, 0.25) is 0 Å². The molecular formula is C11H14O3. The molecule has 0 amide bonds. The smallest absolute Gasteiger partial charge is 0.124 e. The van der Waals surface area contributed by atoms with Gasteiger partial charge in [-0.15, -0.1) is 0 Å². The topological polar surface area (TPSA) is 31.0 Å². The Balaban J connectivity index is 1.86. The lowest BCUT2D eigenvalue weighted by atomic mass is 10.2. The summed E-state index contributed by atoms with van der Waals surface area (Å²) in [5.74, 6) is 0.879. The van der Waals surface area contributed by atoms with E-state index in [-0.39, 0.29) is 0 Å². The van der Waals surface area contributed by atoms with E-state index in [4.69, 9.17) is 14.2 Å². The lowest BCUT2D eigenvalue weighted by Gasteiger charge is -2.07. The Labute approximate surface area is 83.6 Å². The number of methoxy groups -OCH3 is 1. The zero-order valence-electron chi connectivity index (χ0n) is 8.23. The van der Waals surface area contributed by atoms with Crippen LogP contribution in [0.15, 0.2) is 24.3 Å². The Morgan fingerprint density at radius 3 is 2.93 bits per heavy atom. The third kappa shape index (κ3) is 2.47. The largest absolute Gasteiger partial charge is 0.496 e. The van der Waals surface area contributed by atoms with Gasteiger partial charge in [-0.3, -0.25) is 0 Å². The fraction of sp³-hybridized carbons (Fsp3) is 0.455. The number of hydrogen-bond acceptors (Lipinski definition) is 3. The lowest BCUT2D eigenvalue weighted by molar-refractivity contribution is 0.102. The summed E-state index contributed by atoms with van der Waals surface area (Å²) < 4.78 is 15.7. The average Bonchev–Trinajstić information content (AvgIpc) is 3.03. The van der Waals surface area contributed by atoms with Gasteiger partial charge in [-0.25, -0.2) is 0 Å². The monoisotopic (exact) mass is 194 g/mol. The first kappa shape index (κ1) is 9.49. The van der Waals surface area contributed by atoms with Crippen LogP contribution in [0.5, 0.6) is 5.75 Å². The Bertz CT molecular complexity index is 294. The van der Waals surface area contributed by atoms with Crippen molar-refractivity contribution in [3.63, 3.8) is 0 Å². The average molecular weight is 194 g/mol. The van der Waals surface area contributed by atoms with Gasteiger partial charge >= 0.3 is 0 Å². The summed E-state index contributed by atoms with van der Waals surface area (Å²) in [7, 11) is 1.67. The molecule has 1 saturated heterocycles. The van der Waals surface area contributed by atoms with E-state index in [0.29, 0.717) is 19.3 Å². The van der Waals surface area contributed by atoms with Gasteiger partial charge in [-0.2, -0.15) is 0 Å². The van der Waals surface area contributed by atoms with E-state index in [1.165, 1.54) is 0 Å². The van der Waals surface area contributed by atoms with Gasteiger partial charge in [0.25, 0.3) is 0 Å². The van der Waals surface area contributed by atoms with Crippen molar-refractivity contribution >= 4 is 0 Å². The van der Waals surface area contributed by atoms with E-state index in [9.17, 15) is 0 Å². The third-order valence-electron chi connectivity index (χ3n) is 2.16. The highest BCUT2D eigenvalue weighted by Gasteiger charge is 2.22. The van der Waals surface area contributed by atoms with Gasteiger partial charge < -0.3 is 14.2 Å². The summed E-state index contributed by atoms with van der Waals surface area (Å²) >= 11 is 0. The zero-order valence-corrected chi connectivity index (χ0v) is 8.23. The maximum atomic E-state index is 5.48. The Morgan fingerprint density at radius 2 is 2.21 bits per heavy atom. The number of epoxide rings is 1. The van der Waals surface area contributed by atoms with Gasteiger partial charge in [-0.05, 0) is 6.07 Å². The standard InChI is InChI=1S/C11H14O3/c1-12-11-5-3-2-4-9(11)6-13-7-10-8-14-10/h2-5,10H,6-8H2,1H3/t10-/m0/s1. The fourth-order valence-electron chi connectivity index (χ4n) is 1.29. The van der Waals surface area contributed by atoms with Crippen molar-refractivity contribution in [1.29, 1.82) is 0 Å². The van der Waals surface area contributed by atoms with Crippen molar-refractivity contribution in [2.75, 3.05) is 20.3 Å². The zero-order chi connectivity index (χ0) is 9.80. The number of benzene rings is 1. The van der Waals surface area contributed by atoms with E-state index in [1.807, 2.05) is 24.3 Å². The van der Waals surface area contributed by atoms with Crippen LogP contribution in [0.3, 0.4) is 0 Å². The molecule has 1 heterocycles. The summed E-state index contributed by atoms with van der Waals surface area (Å²) in [6.07, 6.45) is 0.324. The Hall–Kier alpha value is -1.06. The van der Waals surface area contributed by atoms with Crippen molar-refractivity contribution in [3.05, 3.63) is 29.8 Å². The molecule has 1 fully saturated rings. The molecule has 2 rings (SSSR count). The Morgan fingerprint density at radius 1 is 1.43 bits per heavy atom. The summed E-state index contributed by atoms with van der Waals surface area (Å²) in [6, 6.07) is 7.88. The summed E-state index contributed by atoms with van der Waals surface area (Å²) in [5, 5.41) is 0. The normalized spacial score (nSPS) is 19.4. The van der Waals surface area contributed by atoms with E-state index < -0.39 is 0 Å². The van der Waals surface area contributed by atoms with Crippen molar-refractivity contribution in [1.82, 2.24) is 0 Å². The molecule has 1 atom stereocenters. The summed E-state index contributed by atoms with van der Waals surface area (Å²) in [6.45, 7) is 2.11. The molecule has 0 radical (unpaired) electrons. The van der Waals surface area contributed by atoms with Crippen LogP contribution in [-0.2, 0) is 16.1 Å². The van der Waals surface area contributed by atoms with Crippen LogP contribution in [0, 0.1) is 0 Å². The van der Waals surface area contributed by atoms with E-state index >= 15 is 0 Å². The summed E-state index contributed by atoms with van der Waals surface area (Å²) in [4.78, 5) is 0. The minimum Gasteiger partial charge on any atom is -0.496 e. The highest BCUT2D eigenvalue weighted by molar-refractivity contribution is 5.32. The van der Waals surface area contributed by atoms with E-state index in [1.54, 1.807) is 7.11 Å². The second-order valence-corrected chi connectivity index (χ2v) is 3.28. The van der Waals surface area contributed by atoms with E-state index in [0.717, 1.165) is 17.9 Å². The second-order valence-electron chi connectivity index (χ2n) is 3.28. The second kappa shape index (κ2) is 4.44. The van der Waals surface area contributed by atoms with Crippen LogP contribution in [0.1, 0.15) is 5.56 Å². The molecule has 0 unspecified atom stereocenters. The molecule has 0 aromatic heterocycles. The minimum absolute atomic E-state index is 0.324. The molecule has 3 heteroatoms. The third-order valence-corrected chi connectivity index (χ3v) is 2.16. The number of para-hydroxylation sites is 1. The van der Waals surface area contributed by atoms with Crippen LogP contribution in [-0.4, -0.2) is 26.4 Å². The van der Waals surface area contributed by atoms with Gasteiger partial charge in [0, 0.05) is 5.56 Å². The van der Waals surface area contributed by atoms with Crippen LogP contribution < -0.4 is 4.74 Å². The number of ether oxygens (including phenoxy) is 3. The molecule has 0 N–H and O–H groups in total. The molecule has 1 aliphatic rings. The van der Waals surface area contributed by atoms with Crippen LogP contribution in [0.25, 0.3) is 0 Å². The molecule has 0 aliphatic carbocycles. The predicted octanol–water partition coefficient (Wildman–Crippen LogP) is 1.61. The molecule has 1 aromatic carbocycles. The highest BCUT2D eigenvalue weighted by Crippen LogP contribution is 2.18. The van der Waals surface area contributed by atoms with Crippen LogP contribution >= 0.6 is 0 Å². The predicted molar refractivity (Wildman–Crippen MR) is 52.4 cm³/mol. The highest BCUT2D eigenvalue weighted by atomic mass is 16.6. The SMILES string of the molecule is COc1ccccc1COC[C@H]1CO1. The van der Waals surface area contributed by atoms with Crippen molar-refractivity contribution in [2.24, 2.45) is 0 Å². The minimum atomic E-state index is 0.324. The first-order valence-electron chi connectivity index (χ1n) is 4.71.